The van der Waals surface area contributed by atoms with E-state index in [1.165, 1.54) is 24.8 Å². The second kappa shape index (κ2) is 6.96. The molecule has 0 aromatic carbocycles. The highest BCUT2D eigenvalue weighted by Gasteiger charge is 2.29. The summed E-state index contributed by atoms with van der Waals surface area (Å²) in [5, 5.41) is 3.06. The number of carbonyl (C=O) groups is 1. The average molecular weight is 303 g/mol. The van der Waals surface area contributed by atoms with Crippen molar-refractivity contribution in [2.24, 2.45) is 0 Å². The van der Waals surface area contributed by atoms with E-state index < -0.39 is 0 Å². The first-order chi connectivity index (χ1) is 10.7. The Labute approximate surface area is 131 Å². The fourth-order valence-electron chi connectivity index (χ4n) is 3.22. The van der Waals surface area contributed by atoms with Crippen LogP contribution in [0.1, 0.15) is 37.5 Å². The number of hydrogen-bond acceptors (Lipinski definition) is 3. The Balaban J connectivity index is 1.49. The van der Waals surface area contributed by atoms with E-state index in [9.17, 15) is 4.79 Å². The van der Waals surface area contributed by atoms with Crippen LogP contribution < -0.4 is 5.32 Å². The van der Waals surface area contributed by atoms with Crippen LogP contribution in [0.2, 0.25) is 0 Å². The molecule has 1 aliphatic carbocycles. The molecule has 2 N–H and O–H groups in total. The molecule has 0 saturated carbocycles. The standard InChI is InChI=1S/C16H25N5O/c1-20-10-11-21(12-14(20)15-17-8-9-18-15)16(22)19-7-6-13-4-2-3-5-13/h4,8-9,14H,2-3,5-7,10-12H2,1H3,(H,17,18)(H,19,22). The topological polar surface area (TPSA) is 64.3 Å². The number of imidazole rings is 1. The Morgan fingerprint density at radius 1 is 1.50 bits per heavy atom. The van der Waals surface area contributed by atoms with Crippen molar-refractivity contribution in [2.45, 2.75) is 31.7 Å². The Morgan fingerprint density at radius 3 is 3.14 bits per heavy atom. The molecule has 1 aliphatic heterocycles. The Hall–Kier alpha value is -1.82. The zero-order chi connectivity index (χ0) is 15.4. The fourth-order valence-corrected chi connectivity index (χ4v) is 3.22. The van der Waals surface area contributed by atoms with Gasteiger partial charge in [0.15, 0.2) is 0 Å². The third-order valence-corrected chi connectivity index (χ3v) is 4.63. The average Bonchev–Trinajstić information content (AvgIpc) is 3.21. The molecule has 2 aliphatic rings. The highest BCUT2D eigenvalue weighted by molar-refractivity contribution is 5.74. The lowest BCUT2D eigenvalue weighted by molar-refractivity contribution is 0.106. The van der Waals surface area contributed by atoms with Gasteiger partial charge in [-0.1, -0.05) is 11.6 Å². The maximum absolute atomic E-state index is 12.3. The first-order valence-corrected chi connectivity index (χ1v) is 8.14. The molecule has 1 unspecified atom stereocenters. The first kappa shape index (κ1) is 15.1. The van der Waals surface area contributed by atoms with Crippen LogP contribution in [0.3, 0.4) is 0 Å². The molecule has 0 spiro atoms. The van der Waals surface area contributed by atoms with Crippen LogP contribution in [0.15, 0.2) is 24.0 Å². The van der Waals surface area contributed by atoms with Gasteiger partial charge >= 0.3 is 6.03 Å². The minimum atomic E-state index is 0.0447. The molecular weight excluding hydrogens is 278 g/mol. The quantitative estimate of drug-likeness (QED) is 0.835. The molecule has 1 atom stereocenters. The number of piperazine rings is 1. The van der Waals surface area contributed by atoms with E-state index in [1.54, 1.807) is 6.20 Å². The van der Waals surface area contributed by atoms with Crippen molar-refractivity contribution in [1.82, 2.24) is 25.1 Å². The predicted molar refractivity (Wildman–Crippen MR) is 85.5 cm³/mol. The summed E-state index contributed by atoms with van der Waals surface area (Å²) in [6.07, 6.45) is 10.6. The lowest BCUT2D eigenvalue weighted by Gasteiger charge is -2.38. The second-order valence-electron chi connectivity index (χ2n) is 6.15. The number of allylic oxidation sites excluding steroid dienone is 1. The third-order valence-electron chi connectivity index (χ3n) is 4.63. The number of hydrogen-bond donors (Lipinski definition) is 2. The largest absolute Gasteiger partial charge is 0.347 e. The first-order valence-electron chi connectivity index (χ1n) is 8.14. The number of nitrogens with zero attached hydrogens (tertiary/aromatic N) is 3. The van der Waals surface area contributed by atoms with Gasteiger partial charge in [0, 0.05) is 38.6 Å². The number of rotatable bonds is 4. The van der Waals surface area contributed by atoms with Crippen LogP contribution >= 0.6 is 0 Å². The zero-order valence-corrected chi connectivity index (χ0v) is 13.2. The van der Waals surface area contributed by atoms with Crippen molar-refractivity contribution in [3.8, 4) is 0 Å². The molecule has 22 heavy (non-hydrogen) atoms. The van der Waals surface area contributed by atoms with E-state index in [-0.39, 0.29) is 12.1 Å². The van der Waals surface area contributed by atoms with Gasteiger partial charge in [-0.2, -0.15) is 0 Å². The number of aromatic amines is 1. The molecule has 120 valence electrons. The van der Waals surface area contributed by atoms with E-state index in [4.69, 9.17) is 0 Å². The number of amides is 2. The van der Waals surface area contributed by atoms with Gasteiger partial charge in [0.05, 0.1) is 6.04 Å². The maximum Gasteiger partial charge on any atom is 0.317 e. The van der Waals surface area contributed by atoms with Crippen LogP contribution in [0.25, 0.3) is 0 Å². The molecule has 1 aromatic heterocycles. The van der Waals surface area contributed by atoms with Crippen LogP contribution in [0.4, 0.5) is 4.79 Å². The normalized spacial score (nSPS) is 22.7. The Morgan fingerprint density at radius 2 is 2.41 bits per heavy atom. The van der Waals surface area contributed by atoms with Crippen molar-refractivity contribution in [2.75, 3.05) is 33.2 Å². The number of nitrogens with one attached hydrogen (secondary N) is 2. The van der Waals surface area contributed by atoms with Crippen molar-refractivity contribution in [1.29, 1.82) is 0 Å². The summed E-state index contributed by atoms with van der Waals surface area (Å²) in [6.45, 7) is 3.05. The molecule has 2 heterocycles. The SMILES string of the molecule is CN1CCN(C(=O)NCCC2=CCCC2)CC1c1ncc[nH]1. The molecule has 1 fully saturated rings. The lowest BCUT2D eigenvalue weighted by atomic mass is 10.1. The third kappa shape index (κ3) is 3.50. The van der Waals surface area contributed by atoms with Gasteiger partial charge in [-0.3, -0.25) is 4.90 Å². The van der Waals surface area contributed by atoms with Crippen molar-refractivity contribution in [3.05, 3.63) is 29.9 Å². The van der Waals surface area contributed by atoms with E-state index in [2.05, 4.69) is 33.3 Å². The molecule has 6 nitrogen and oxygen atoms in total. The molecule has 1 saturated heterocycles. The van der Waals surface area contributed by atoms with Crippen LogP contribution in [-0.4, -0.2) is 59.0 Å². The highest BCUT2D eigenvalue weighted by Crippen LogP contribution is 2.21. The fraction of sp³-hybridized carbons (Fsp3) is 0.625. The van der Waals surface area contributed by atoms with Crippen molar-refractivity contribution < 1.29 is 4.79 Å². The van der Waals surface area contributed by atoms with Gasteiger partial charge < -0.3 is 15.2 Å². The molecule has 0 bridgehead atoms. The van der Waals surface area contributed by atoms with Gasteiger partial charge in [0.1, 0.15) is 5.82 Å². The minimum Gasteiger partial charge on any atom is -0.347 e. The molecule has 0 radical (unpaired) electrons. The van der Waals surface area contributed by atoms with Crippen LogP contribution in [-0.2, 0) is 0 Å². The molecule has 2 amide bonds. The Kier molecular flexibility index (Phi) is 4.77. The highest BCUT2D eigenvalue weighted by atomic mass is 16.2. The maximum atomic E-state index is 12.3. The minimum absolute atomic E-state index is 0.0447. The molecule has 3 rings (SSSR count). The number of carbonyl (C=O) groups excluding carboxylic acids is 1. The summed E-state index contributed by atoms with van der Waals surface area (Å²) >= 11 is 0. The van der Waals surface area contributed by atoms with Crippen LogP contribution in [0.5, 0.6) is 0 Å². The van der Waals surface area contributed by atoms with Crippen molar-refractivity contribution >= 4 is 6.03 Å². The molecule has 6 heteroatoms. The van der Waals surface area contributed by atoms with Gasteiger partial charge in [-0.25, -0.2) is 9.78 Å². The van der Waals surface area contributed by atoms with Gasteiger partial charge in [-0.05, 0) is 32.7 Å². The van der Waals surface area contributed by atoms with E-state index in [0.717, 1.165) is 31.9 Å². The van der Waals surface area contributed by atoms with Crippen molar-refractivity contribution in [3.63, 3.8) is 0 Å². The van der Waals surface area contributed by atoms with Crippen LogP contribution in [0, 0.1) is 0 Å². The monoisotopic (exact) mass is 303 g/mol. The number of aromatic nitrogens is 2. The van der Waals surface area contributed by atoms with E-state index >= 15 is 0 Å². The summed E-state index contributed by atoms with van der Waals surface area (Å²) in [6, 6.07) is 0.190. The van der Waals surface area contributed by atoms with E-state index in [1.807, 2.05) is 11.1 Å². The summed E-state index contributed by atoms with van der Waals surface area (Å²) in [4.78, 5) is 24.0. The number of likely N-dealkylation sites (N-methyl/N-ethyl adjacent to an activating group) is 1. The van der Waals surface area contributed by atoms with Gasteiger partial charge in [0.2, 0.25) is 0 Å². The molecular formula is C16H25N5O. The summed E-state index contributed by atoms with van der Waals surface area (Å²) in [5.74, 6) is 0.927. The lowest BCUT2D eigenvalue weighted by Crippen LogP contribution is -2.52. The van der Waals surface area contributed by atoms with E-state index in [0.29, 0.717) is 6.54 Å². The summed E-state index contributed by atoms with van der Waals surface area (Å²) in [5.41, 5.74) is 1.49. The summed E-state index contributed by atoms with van der Waals surface area (Å²) < 4.78 is 0. The number of urea groups is 1. The van der Waals surface area contributed by atoms with Gasteiger partial charge in [-0.15, -0.1) is 0 Å². The van der Waals surface area contributed by atoms with Gasteiger partial charge in [0.25, 0.3) is 0 Å². The predicted octanol–water partition coefficient (Wildman–Crippen LogP) is 1.91. The Bertz CT molecular complexity index is 525. The number of H-pyrrole nitrogens is 1. The molecule has 1 aromatic rings. The zero-order valence-electron chi connectivity index (χ0n) is 13.2. The second-order valence-corrected chi connectivity index (χ2v) is 6.15. The summed E-state index contributed by atoms with van der Waals surface area (Å²) in [7, 11) is 2.08. The smallest absolute Gasteiger partial charge is 0.317 e.